The van der Waals surface area contributed by atoms with Crippen LogP contribution in [0.15, 0.2) is 29.6 Å². The molecule has 17 heavy (non-hydrogen) atoms. The number of thiophene rings is 1. The molecule has 1 nitrogen and oxygen atoms in total. The predicted octanol–water partition coefficient (Wildman–Crippen LogP) is 5.55. The molecule has 0 aliphatic carbocycles. The molecule has 0 N–H and O–H groups in total. The molecule has 0 fully saturated rings. The molecule has 90 valence electrons. The third-order valence-corrected chi connectivity index (χ3v) is 5.13. The average Bonchev–Trinajstić information content (AvgIpc) is 2.79. The van der Waals surface area contributed by atoms with E-state index in [1.165, 1.54) is 0 Å². The molecule has 1 atom stereocenters. The van der Waals surface area contributed by atoms with Crippen molar-refractivity contribution in [3.63, 3.8) is 0 Å². The Bertz CT molecular complexity index is 527. The standard InChI is InChI=1S/C12H9BrCl2OS/c1-16-10-4-5-17-12(10)11(13)8-6-7(14)2-3-9(8)15/h2-6,11H,1H3. The number of alkyl halides is 1. The van der Waals surface area contributed by atoms with E-state index in [9.17, 15) is 0 Å². The van der Waals surface area contributed by atoms with Crippen LogP contribution in [0.4, 0.5) is 0 Å². The summed E-state index contributed by atoms with van der Waals surface area (Å²) in [5.41, 5.74) is 0.944. The van der Waals surface area contributed by atoms with Crippen LogP contribution in [0.3, 0.4) is 0 Å². The predicted molar refractivity (Wildman–Crippen MR) is 78.1 cm³/mol. The molecule has 2 aromatic rings. The van der Waals surface area contributed by atoms with Gasteiger partial charge >= 0.3 is 0 Å². The summed E-state index contributed by atoms with van der Waals surface area (Å²) in [6, 6.07) is 7.38. The summed E-state index contributed by atoms with van der Waals surface area (Å²) in [7, 11) is 1.66. The summed E-state index contributed by atoms with van der Waals surface area (Å²) in [4.78, 5) is 1.07. The Hall–Kier alpha value is -0.220. The zero-order valence-corrected chi connectivity index (χ0v) is 12.8. The maximum Gasteiger partial charge on any atom is 0.134 e. The van der Waals surface area contributed by atoms with Gasteiger partial charge in [0, 0.05) is 10.0 Å². The molecular weight excluding hydrogens is 343 g/mol. The zero-order chi connectivity index (χ0) is 12.4. The molecule has 0 spiro atoms. The van der Waals surface area contributed by atoms with Gasteiger partial charge in [-0.1, -0.05) is 39.1 Å². The zero-order valence-electron chi connectivity index (χ0n) is 8.91. The Kier molecular flexibility index (Phi) is 4.36. The topological polar surface area (TPSA) is 9.23 Å². The maximum absolute atomic E-state index is 6.18. The summed E-state index contributed by atoms with van der Waals surface area (Å²) in [5, 5.41) is 3.34. The molecule has 0 amide bonds. The van der Waals surface area contributed by atoms with Crippen LogP contribution in [0.25, 0.3) is 0 Å². The van der Waals surface area contributed by atoms with Crippen molar-refractivity contribution in [2.75, 3.05) is 7.11 Å². The highest BCUT2D eigenvalue weighted by molar-refractivity contribution is 9.09. The second-order valence-corrected chi connectivity index (χ2v) is 6.09. The van der Waals surface area contributed by atoms with Crippen LogP contribution in [0, 0.1) is 0 Å². The summed E-state index contributed by atoms with van der Waals surface area (Å²) in [5.74, 6) is 0.855. The largest absolute Gasteiger partial charge is 0.496 e. The molecule has 0 radical (unpaired) electrons. The summed E-state index contributed by atoms with van der Waals surface area (Å²) in [6.07, 6.45) is 0. The first-order valence-corrected chi connectivity index (χ1v) is 7.39. The van der Waals surface area contributed by atoms with Crippen LogP contribution in [-0.2, 0) is 0 Å². The van der Waals surface area contributed by atoms with Crippen molar-refractivity contribution < 1.29 is 4.74 Å². The number of methoxy groups -OCH3 is 1. The van der Waals surface area contributed by atoms with Crippen molar-refractivity contribution in [1.82, 2.24) is 0 Å². The van der Waals surface area contributed by atoms with E-state index in [1.54, 1.807) is 30.6 Å². The second kappa shape index (κ2) is 5.61. The van der Waals surface area contributed by atoms with E-state index in [0.717, 1.165) is 16.2 Å². The first-order valence-electron chi connectivity index (χ1n) is 4.84. The number of hydrogen-bond donors (Lipinski definition) is 0. The van der Waals surface area contributed by atoms with Crippen molar-refractivity contribution in [3.8, 4) is 5.75 Å². The Morgan fingerprint density at radius 3 is 2.76 bits per heavy atom. The van der Waals surface area contributed by atoms with E-state index in [0.29, 0.717) is 10.0 Å². The van der Waals surface area contributed by atoms with Crippen molar-refractivity contribution in [1.29, 1.82) is 0 Å². The highest BCUT2D eigenvalue weighted by Gasteiger charge is 2.19. The number of benzene rings is 1. The highest BCUT2D eigenvalue weighted by Crippen LogP contribution is 2.43. The number of rotatable bonds is 3. The van der Waals surface area contributed by atoms with Gasteiger partial charge < -0.3 is 4.74 Å². The van der Waals surface area contributed by atoms with Crippen LogP contribution >= 0.6 is 50.5 Å². The van der Waals surface area contributed by atoms with Gasteiger partial charge in [0.05, 0.1) is 16.8 Å². The Balaban J connectivity index is 2.43. The van der Waals surface area contributed by atoms with Crippen LogP contribution in [-0.4, -0.2) is 7.11 Å². The van der Waals surface area contributed by atoms with Gasteiger partial charge in [0.2, 0.25) is 0 Å². The van der Waals surface area contributed by atoms with Gasteiger partial charge in [-0.05, 0) is 35.2 Å². The van der Waals surface area contributed by atoms with Crippen molar-refractivity contribution in [2.45, 2.75) is 4.83 Å². The maximum atomic E-state index is 6.18. The molecule has 0 bridgehead atoms. The van der Waals surface area contributed by atoms with E-state index in [4.69, 9.17) is 27.9 Å². The number of ether oxygens (including phenoxy) is 1. The minimum atomic E-state index is -0.0105. The Morgan fingerprint density at radius 1 is 1.29 bits per heavy atom. The molecule has 0 aliphatic rings. The monoisotopic (exact) mass is 350 g/mol. The fraction of sp³-hybridized carbons (Fsp3) is 0.167. The van der Waals surface area contributed by atoms with Crippen molar-refractivity contribution in [2.24, 2.45) is 0 Å². The Labute approximate surface area is 122 Å². The lowest BCUT2D eigenvalue weighted by Crippen LogP contribution is -1.94. The lowest BCUT2D eigenvalue weighted by atomic mass is 10.1. The summed E-state index contributed by atoms with van der Waals surface area (Å²) in [6.45, 7) is 0. The van der Waals surface area contributed by atoms with Crippen LogP contribution in [0.1, 0.15) is 15.3 Å². The van der Waals surface area contributed by atoms with E-state index >= 15 is 0 Å². The summed E-state index contributed by atoms with van der Waals surface area (Å²) >= 11 is 17.4. The van der Waals surface area contributed by atoms with E-state index in [2.05, 4.69) is 15.9 Å². The van der Waals surface area contributed by atoms with E-state index in [1.807, 2.05) is 17.5 Å². The van der Waals surface area contributed by atoms with Crippen LogP contribution in [0.2, 0.25) is 10.0 Å². The Morgan fingerprint density at radius 2 is 2.06 bits per heavy atom. The molecule has 1 heterocycles. The molecule has 0 aliphatic heterocycles. The third kappa shape index (κ3) is 2.79. The minimum Gasteiger partial charge on any atom is -0.496 e. The third-order valence-electron chi connectivity index (χ3n) is 2.34. The van der Waals surface area contributed by atoms with Crippen molar-refractivity contribution in [3.05, 3.63) is 50.1 Å². The fourth-order valence-corrected chi connectivity index (χ4v) is 3.83. The van der Waals surface area contributed by atoms with Gasteiger partial charge in [-0.3, -0.25) is 0 Å². The molecule has 2 rings (SSSR count). The molecule has 1 unspecified atom stereocenters. The SMILES string of the molecule is COc1ccsc1C(Br)c1cc(Cl)ccc1Cl. The van der Waals surface area contributed by atoms with Gasteiger partial charge in [-0.15, -0.1) is 11.3 Å². The molecule has 5 heteroatoms. The van der Waals surface area contributed by atoms with Gasteiger partial charge in [0.15, 0.2) is 0 Å². The minimum absolute atomic E-state index is 0.0105. The molecular formula is C12H9BrCl2OS. The van der Waals surface area contributed by atoms with Gasteiger partial charge in [0.1, 0.15) is 5.75 Å². The summed E-state index contributed by atoms with van der Waals surface area (Å²) < 4.78 is 5.30. The van der Waals surface area contributed by atoms with Gasteiger partial charge in [-0.2, -0.15) is 0 Å². The first kappa shape index (κ1) is 13.2. The van der Waals surface area contributed by atoms with Gasteiger partial charge in [0.25, 0.3) is 0 Å². The second-order valence-electron chi connectivity index (χ2n) is 3.38. The number of halogens is 3. The lowest BCUT2D eigenvalue weighted by Gasteiger charge is -2.12. The highest BCUT2D eigenvalue weighted by atomic mass is 79.9. The first-order chi connectivity index (χ1) is 8.13. The molecule has 1 aromatic carbocycles. The molecule has 0 saturated carbocycles. The van der Waals surface area contributed by atoms with Gasteiger partial charge in [-0.25, -0.2) is 0 Å². The van der Waals surface area contributed by atoms with E-state index < -0.39 is 0 Å². The van der Waals surface area contributed by atoms with Crippen molar-refractivity contribution >= 4 is 50.5 Å². The smallest absolute Gasteiger partial charge is 0.134 e. The fourth-order valence-electron chi connectivity index (χ4n) is 1.51. The normalized spacial score (nSPS) is 12.5. The average molecular weight is 352 g/mol. The number of hydrogen-bond acceptors (Lipinski definition) is 2. The molecule has 1 aromatic heterocycles. The van der Waals surface area contributed by atoms with E-state index in [-0.39, 0.29) is 4.83 Å². The van der Waals surface area contributed by atoms with Crippen LogP contribution < -0.4 is 4.74 Å². The molecule has 0 saturated heterocycles. The van der Waals surface area contributed by atoms with Crippen LogP contribution in [0.5, 0.6) is 5.75 Å². The quantitative estimate of drug-likeness (QED) is 0.659. The lowest BCUT2D eigenvalue weighted by molar-refractivity contribution is 0.413.